The number of ether oxygens (including phenoxy) is 2. The summed E-state index contributed by atoms with van der Waals surface area (Å²) in [5.41, 5.74) is 1.87. The predicted octanol–water partition coefficient (Wildman–Crippen LogP) is 3.48. The number of esters is 1. The maximum atomic E-state index is 11.8. The Bertz CT molecular complexity index is 441. The second-order valence-electron chi connectivity index (χ2n) is 4.68. The zero-order valence-corrected chi connectivity index (χ0v) is 11.3. The summed E-state index contributed by atoms with van der Waals surface area (Å²) < 4.78 is 11.1. The van der Waals surface area contributed by atoms with Gasteiger partial charge in [0.05, 0.1) is 6.61 Å². The lowest BCUT2D eigenvalue weighted by Crippen LogP contribution is -2.05. The molecule has 3 nitrogen and oxygen atoms in total. The Morgan fingerprint density at radius 3 is 3.00 bits per heavy atom. The Morgan fingerprint density at radius 2 is 2.33 bits per heavy atom. The number of allylic oxidation sites excluding steroid dienone is 3. The quantitative estimate of drug-likeness (QED) is 0.564. The number of hydrogen-bond acceptors (Lipinski definition) is 3. The van der Waals surface area contributed by atoms with Crippen LogP contribution in [0.1, 0.15) is 40.0 Å². The molecule has 0 N–H and O–H groups in total. The van der Waals surface area contributed by atoms with Gasteiger partial charge in [-0.2, -0.15) is 0 Å². The van der Waals surface area contributed by atoms with Crippen LogP contribution in [-0.4, -0.2) is 12.6 Å². The van der Waals surface area contributed by atoms with Gasteiger partial charge in [-0.25, -0.2) is 4.79 Å². The lowest BCUT2D eigenvalue weighted by atomic mass is 10.1. The predicted molar refractivity (Wildman–Crippen MR) is 69.6 cm³/mol. The van der Waals surface area contributed by atoms with Crippen LogP contribution in [0.25, 0.3) is 0 Å². The molecule has 1 saturated carbocycles. The normalized spacial score (nSPS) is 22.9. The summed E-state index contributed by atoms with van der Waals surface area (Å²) in [6.45, 7) is 6.23. The van der Waals surface area contributed by atoms with E-state index in [4.69, 9.17) is 9.47 Å². The molecule has 1 atom stereocenters. The van der Waals surface area contributed by atoms with Gasteiger partial charge >= 0.3 is 5.97 Å². The molecular formula is C15H20O3. The zero-order valence-electron chi connectivity index (χ0n) is 11.3. The van der Waals surface area contributed by atoms with Crippen molar-refractivity contribution in [1.29, 1.82) is 0 Å². The van der Waals surface area contributed by atoms with E-state index >= 15 is 0 Å². The van der Waals surface area contributed by atoms with Gasteiger partial charge in [-0.15, -0.1) is 0 Å². The highest BCUT2D eigenvalue weighted by Gasteiger charge is 2.34. The molecule has 2 aliphatic carbocycles. The minimum absolute atomic E-state index is 0.264. The van der Waals surface area contributed by atoms with Crippen molar-refractivity contribution in [3.8, 4) is 0 Å². The summed E-state index contributed by atoms with van der Waals surface area (Å²) >= 11 is 0. The van der Waals surface area contributed by atoms with Gasteiger partial charge in [0.25, 0.3) is 0 Å². The largest absolute Gasteiger partial charge is 0.497 e. The molecule has 3 heteroatoms. The third-order valence-electron chi connectivity index (χ3n) is 3.56. The number of hydrogen-bond donors (Lipinski definition) is 0. The maximum Gasteiger partial charge on any atom is 0.338 e. The van der Waals surface area contributed by atoms with Crippen molar-refractivity contribution in [2.45, 2.75) is 40.0 Å². The Labute approximate surface area is 108 Å². The Balaban J connectivity index is 2.16. The third-order valence-corrected chi connectivity index (χ3v) is 3.56. The fraction of sp³-hybridized carbons (Fsp3) is 0.533. The molecule has 2 rings (SSSR count). The van der Waals surface area contributed by atoms with Crippen LogP contribution >= 0.6 is 0 Å². The average molecular weight is 248 g/mol. The maximum absolute atomic E-state index is 11.8. The third kappa shape index (κ3) is 2.35. The van der Waals surface area contributed by atoms with Crippen LogP contribution in [0.4, 0.5) is 0 Å². The molecule has 0 heterocycles. The van der Waals surface area contributed by atoms with Crippen LogP contribution in [0.3, 0.4) is 0 Å². The lowest BCUT2D eigenvalue weighted by molar-refractivity contribution is -0.134. The SMILES string of the molecule is C/C=C(\C)C(=O)OC1=C2CCC[C@H]2C(OCC)=C1. The minimum atomic E-state index is -0.264. The molecule has 0 radical (unpaired) electrons. The van der Waals surface area contributed by atoms with Crippen LogP contribution in [0, 0.1) is 5.92 Å². The monoisotopic (exact) mass is 248 g/mol. The molecular weight excluding hydrogens is 228 g/mol. The van der Waals surface area contributed by atoms with Crippen LogP contribution in [0.15, 0.2) is 34.8 Å². The highest BCUT2D eigenvalue weighted by Crippen LogP contribution is 2.44. The molecule has 18 heavy (non-hydrogen) atoms. The number of carbonyl (C=O) groups is 1. The van der Waals surface area contributed by atoms with Gasteiger partial charge in [-0.3, -0.25) is 0 Å². The van der Waals surface area contributed by atoms with E-state index in [2.05, 4.69) is 0 Å². The van der Waals surface area contributed by atoms with E-state index in [1.165, 1.54) is 5.57 Å². The molecule has 1 fully saturated rings. The fourth-order valence-electron chi connectivity index (χ4n) is 2.48. The van der Waals surface area contributed by atoms with E-state index in [0.717, 1.165) is 25.0 Å². The van der Waals surface area contributed by atoms with Crippen LogP contribution in [-0.2, 0) is 14.3 Å². The van der Waals surface area contributed by atoms with Gasteiger partial charge in [-0.1, -0.05) is 6.08 Å². The van der Waals surface area contributed by atoms with Gasteiger partial charge < -0.3 is 9.47 Å². The Hall–Kier alpha value is -1.51. The van der Waals surface area contributed by atoms with Crippen molar-refractivity contribution in [1.82, 2.24) is 0 Å². The van der Waals surface area contributed by atoms with Crippen molar-refractivity contribution < 1.29 is 14.3 Å². The highest BCUT2D eigenvalue weighted by atomic mass is 16.5. The number of fused-ring (bicyclic) bond motifs is 1. The summed E-state index contributed by atoms with van der Waals surface area (Å²) in [4.78, 5) is 11.8. The molecule has 0 aromatic heterocycles. The molecule has 2 aliphatic rings. The second kappa shape index (κ2) is 5.42. The summed E-state index contributed by atoms with van der Waals surface area (Å²) in [7, 11) is 0. The van der Waals surface area contributed by atoms with Crippen LogP contribution < -0.4 is 0 Å². The first kappa shape index (κ1) is 12.9. The van der Waals surface area contributed by atoms with Gasteiger partial charge in [0.2, 0.25) is 0 Å². The Morgan fingerprint density at radius 1 is 1.56 bits per heavy atom. The fourth-order valence-corrected chi connectivity index (χ4v) is 2.48. The van der Waals surface area contributed by atoms with Gasteiger partial charge in [0, 0.05) is 17.6 Å². The molecule has 0 aliphatic heterocycles. The van der Waals surface area contributed by atoms with E-state index in [1.807, 2.05) is 19.9 Å². The smallest absolute Gasteiger partial charge is 0.338 e. The van der Waals surface area contributed by atoms with Crippen LogP contribution in [0.5, 0.6) is 0 Å². The van der Waals surface area contributed by atoms with Gasteiger partial charge in [0.1, 0.15) is 11.5 Å². The first-order valence-corrected chi connectivity index (χ1v) is 6.59. The highest BCUT2D eigenvalue weighted by molar-refractivity contribution is 5.88. The first-order chi connectivity index (χ1) is 8.67. The van der Waals surface area contributed by atoms with Crippen molar-refractivity contribution in [3.63, 3.8) is 0 Å². The molecule has 0 unspecified atom stereocenters. The molecule has 98 valence electrons. The van der Waals surface area contributed by atoms with Gasteiger partial charge in [-0.05, 0) is 45.6 Å². The van der Waals surface area contributed by atoms with E-state index in [0.29, 0.717) is 23.9 Å². The summed E-state index contributed by atoms with van der Waals surface area (Å²) in [6.07, 6.45) is 6.92. The van der Waals surface area contributed by atoms with E-state index in [1.54, 1.807) is 13.0 Å². The molecule has 0 aromatic carbocycles. The molecule has 0 spiro atoms. The van der Waals surface area contributed by atoms with E-state index < -0.39 is 0 Å². The van der Waals surface area contributed by atoms with Crippen LogP contribution in [0.2, 0.25) is 0 Å². The van der Waals surface area contributed by atoms with Crippen molar-refractivity contribution >= 4 is 5.97 Å². The topological polar surface area (TPSA) is 35.5 Å². The first-order valence-electron chi connectivity index (χ1n) is 6.59. The van der Waals surface area contributed by atoms with Gasteiger partial charge in [0.15, 0.2) is 0 Å². The van der Waals surface area contributed by atoms with Crippen molar-refractivity contribution in [3.05, 3.63) is 34.8 Å². The lowest BCUT2D eigenvalue weighted by Gasteiger charge is -2.11. The second-order valence-corrected chi connectivity index (χ2v) is 4.68. The molecule has 0 amide bonds. The van der Waals surface area contributed by atoms with Crippen molar-refractivity contribution in [2.75, 3.05) is 6.61 Å². The molecule has 0 aromatic rings. The van der Waals surface area contributed by atoms with Crippen molar-refractivity contribution in [2.24, 2.45) is 5.92 Å². The number of rotatable bonds is 4. The average Bonchev–Trinajstić information content (AvgIpc) is 2.94. The van der Waals surface area contributed by atoms with E-state index in [9.17, 15) is 4.79 Å². The standard InChI is InChI=1S/C15H20O3/c1-4-10(3)15(16)18-14-9-13(17-5-2)11-7-6-8-12(11)14/h4,9,11H,5-8H2,1-3H3/b10-4+/t11-/m1/s1. The Kier molecular flexibility index (Phi) is 3.90. The zero-order chi connectivity index (χ0) is 13.1. The molecule has 0 saturated heterocycles. The summed E-state index contributed by atoms with van der Waals surface area (Å²) in [5, 5.41) is 0. The summed E-state index contributed by atoms with van der Waals surface area (Å²) in [6, 6.07) is 0. The number of carbonyl (C=O) groups excluding carboxylic acids is 1. The van der Waals surface area contributed by atoms with E-state index in [-0.39, 0.29) is 5.97 Å². The molecule has 0 bridgehead atoms. The minimum Gasteiger partial charge on any atom is -0.497 e. The summed E-state index contributed by atoms with van der Waals surface area (Å²) in [5.74, 6) is 1.76.